The highest BCUT2D eigenvalue weighted by Gasteiger charge is 2.48. The van der Waals surface area contributed by atoms with Gasteiger partial charge < -0.3 is 19.8 Å². The third kappa shape index (κ3) is 3.18. The molecule has 0 radical (unpaired) electrons. The number of hydrogen-bond donors (Lipinski definition) is 2. The molecule has 1 unspecified atom stereocenters. The van der Waals surface area contributed by atoms with Crippen LogP contribution in [0.3, 0.4) is 0 Å². The molecule has 4 heterocycles. The van der Waals surface area contributed by atoms with Gasteiger partial charge in [-0.15, -0.1) is 0 Å². The maximum atomic E-state index is 13.9. The molecule has 0 spiro atoms. The predicted molar refractivity (Wildman–Crippen MR) is 140 cm³/mol. The SMILES string of the molecule is O=C1[C@@H]2Cc3c([nH]c4ccccc34)C(c3ccccc3)N2C(=O)CN1CCc1c[nH]c2ccccc12. The average molecular weight is 475 g/mol. The van der Waals surface area contributed by atoms with E-state index in [2.05, 4.69) is 34.2 Å². The van der Waals surface area contributed by atoms with Crippen LogP contribution in [0.2, 0.25) is 0 Å². The van der Waals surface area contributed by atoms with Crippen LogP contribution in [-0.2, 0) is 22.4 Å². The number of nitrogens with one attached hydrogen (secondary N) is 2. The molecule has 6 heteroatoms. The molecule has 2 aliphatic heterocycles. The van der Waals surface area contributed by atoms with E-state index in [0.717, 1.165) is 38.8 Å². The third-order valence-electron chi connectivity index (χ3n) is 7.78. The highest BCUT2D eigenvalue weighted by Crippen LogP contribution is 2.42. The molecule has 0 saturated carbocycles. The molecule has 36 heavy (non-hydrogen) atoms. The summed E-state index contributed by atoms with van der Waals surface area (Å²) in [6, 6.07) is 25.6. The van der Waals surface area contributed by atoms with E-state index in [9.17, 15) is 9.59 Å². The molecule has 178 valence electrons. The molecule has 0 bridgehead atoms. The van der Waals surface area contributed by atoms with Gasteiger partial charge in [0, 0.05) is 46.7 Å². The maximum Gasteiger partial charge on any atom is 0.246 e. The number of amides is 2. The molecule has 2 atom stereocenters. The second-order valence-electron chi connectivity index (χ2n) is 9.77. The molecule has 1 saturated heterocycles. The van der Waals surface area contributed by atoms with E-state index in [-0.39, 0.29) is 24.4 Å². The lowest BCUT2D eigenvalue weighted by atomic mass is 9.86. The van der Waals surface area contributed by atoms with Crippen molar-refractivity contribution in [2.75, 3.05) is 13.1 Å². The zero-order valence-corrected chi connectivity index (χ0v) is 19.8. The van der Waals surface area contributed by atoms with Crippen molar-refractivity contribution < 1.29 is 9.59 Å². The quantitative estimate of drug-likeness (QED) is 0.400. The lowest BCUT2D eigenvalue weighted by molar-refractivity contribution is -0.158. The Hall–Kier alpha value is -4.32. The zero-order valence-electron chi connectivity index (χ0n) is 19.8. The largest absolute Gasteiger partial charge is 0.361 e. The van der Waals surface area contributed by atoms with Crippen molar-refractivity contribution in [2.45, 2.75) is 24.9 Å². The summed E-state index contributed by atoms with van der Waals surface area (Å²) >= 11 is 0. The Labute approximate surface area is 208 Å². The summed E-state index contributed by atoms with van der Waals surface area (Å²) in [5.74, 6) is 0.0305. The van der Waals surface area contributed by atoms with E-state index < -0.39 is 6.04 Å². The fraction of sp³-hybridized carbons (Fsp3) is 0.200. The van der Waals surface area contributed by atoms with E-state index in [1.807, 2.05) is 65.7 Å². The average Bonchev–Trinajstić information content (AvgIpc) is 3.50. The topological polar surface area (TPSA) is 72.2 Å². The minimum Gasteiger partial charge on any atom is -0.361 e. The molecule has 2 aromatic heterocycles. The van der Waals surface area contributed by atoms with Gasteiger partial charge in [0.25, 0.3) is 0 Å². The number of aromatic amines is 2. The lowest BCUT2D eigenvalue weighted by Crippen LogP contribution is -2.63. The summed E-state index contributed by atoms with van der Waals surface area (Å²) in [5, 5.41) is 2.30. The first-order chi connectivity index (χ1) is 17.7. The number of piperazine rings is 1. The summed E-state index contributed by atoms with van der Waals surface area (Å²) in [6.45, 7) is 0.629. The number of hydrogen-bond acceptors (Lipinski definition) is 2. The fourth-order valence-electron chi connectivity index (χ4n) is 6.09. The highest BCUT2D eigenvalue weighted by atomic mass is 16.2. The number of H-pyrrole nitrogens is 2. The Kier molecular flexibility index (Phi) is 4.74. The summed E-state index contributed by atoms with van der Waals surface area (Å²) < 4.78 is 0. The molecule has 0 aliphatic carbocycles. The second-order valence-corrected chi connectivity index (χ2v) is 9.77. The Balaban J connectivity index is 1.25. The summed E-state index contributed by atoms with van der Waals surface area (Å²) in [5.41, 5.74) is 6.47. The van der Waals surface area contributed by atoms with Crippen LogP contribution in [-0.4, -0.2) is 50.7 Å². The van der Waals surface area contributed by atoms with Crippen LogP contribution >= 0.6 is 0 Å². The normalized spacial score (nSPS) is 19.7. The monoisotopic (exact) mass is 474 g/mol. The smallest absolute Gasteiger partial charge is 0.246 e. The van der Waals surface area contributed by atoms with E-state index in [1.165, 1.54) is 5.39 Å². The Morgan fingerprint density at radius 3 is 2.39 bits per heavy atom. The maximum absolute atomic E-state index is 13.9. The molecular weight excluding hydrogens is 448 g/mol. The number of benzene rings is 3. The minimum atomic E-state index is -0.508. The fourth-order valence-corrected chi connectivity index (χ4v) is 6.09. The molecule has 2 amide bonds. The molecule has 6 nitrogen and oxygen atoms in total. The van der Waals surface area contributed by atoms with Crippen LogP contribution in [0.25, 0.3) is 21.8 Å². The first-order valence-corrected chi connectivity index (χ1v) is 12.5. The van der Waals surface area contributed by atoms with Crippen molar-refractivity contribution in [1.82, 2.24) is 19.8 Å². The molecule has 3 aromatic carbocycles. The first-order valence-electron chi connectivity index (χ1n) is 12.5. The van der Waals surface area contributed by atoms with Gasteiger partial charge in [-0.05, 0) is 35.2 Å². The number of nitrogens with zero attached hydrogens (tertiary/aromatic N) is 2. The Morgan fingerprint density at radius 2 is 1.56 bits per heavy atom. The standard InChI is InChI=1S/C30H26N4O2/c35-27-18-33(15-14-20-17-31-24-12-6-4-10-21(20)24)30(36)26-16-23-22-11-5-7-13-25(22)32-28(23)29(34(26)27)19-8-2-1-3-9-19/h1-13,17,26,29,31-32H,14-16,18H2/t26-,29?/m0/s1. The van der Waals surface area contributed by atoms with Gasteiger partial charge in [-0.2, -0.15) is 0 Å². The van der Waals surface area contributed by atoms with Gasteiger partial charge in [0.05, 0.1) is 12.6 Å². The van der Waals surface area contributed by atoms with E-state index in [1.54, 1.807) is 4.90 Å². The number of carbonyl (C=O) groups excluding carboxylic acids is 2. The molecule has 2 N–H and O–H groups in total. The number of fused-ring (bicyclic) bond motifs is 5. The Bertz CT molecular complexity index is 1620. The number of para-hydroxylation sites is 2. The summed E-state index contributed by atoms with van der Waals surface area (Å²) in [7, 11) is 0. The van der Waals surface area contributed by atoms with E-state index in [4.69, 9.17) is 0 Å². The van der Waals surface area contributed by atoms with Gasteiger partial charge in [-0.25, -0.2) is 0 Å². The van der Waals surface area contributed by atoms with Crippen LogP contribution in [0.1, 0.15) is 28.4 Å². The van der Waals surface area contributed by atoms with Crippen LogP contribution < -0.4 is 0 Å². The van der Waals surface area contributed by atoms with Crippen LogP contribution in [0, 0.1) is 0 Å². The van der Waals surface area contributed by atoms with Crippen molar-refractivity contribution >= 4 is 33.6 Å². The molecule has 2 aliphatic rings. The van der Waals surface area contributed by atoms with Gasteiger partial charge in [0.1, 0.15) is 6.04 Å². The van der Waals surface area contributed by atoms with Gasteiger partial charge in [-0.3, -0.25) is 9.59 Å². The number of carbonyl (C=O) groups is 2. The van der Waals surface area contributed by atoms with Crippen molar-refractivity contribution in [3.05, 3.63) is 107 Å². The molecular formula is C30H26N4O2. The Morgan fingerprint density at radius 1 is 0.833 bits per heavy atom. The minimum absolute atomic E-state index is 0.00307. The summed E-state index contributed by atoms with van der Waals surface area (Å²) in [4.78, 5) is 38.0. The highest BCUT2D eigenvalue weighted by molar-refractivity contribution is 5.97. The zero-order chi connectivity index (χ0) is 24.2. The molecule has 5 aromatic rings. The van der Waals surface area contributed by atoms with E-state index >= 15 is 0 Å². The summed E-state index contributed by atoms with van der Waals surface area (Å²) in [6.07, 6.45) is 3.24. The van der Waals surface area contributed by atoms with E-state index in [0.29, 0.717) is 19.4 Å². The van der Waals surface area contributed by atoms with Gasteiger partial charge >= 0.3 is 0 Å². The van der Waals surface area contributed by atoms with Crippen LogP contribution in [0.5, 0.6) is 0 Å². The van der Waals surface area contributed by atoms with Crippen molar-refractivity contribution in [3.63, 3.8) is 0 Å². The molecule has 7 rings (SSSR count). The van der Waals surface area contributed by atoms with Gasteiger partial charge in [0.2, 0.25) is 11.8 Å². The second kappa shape index (κ2) is 8.12. The predicted octanol–water partition coefficient (Wildman–Crippen LogP) is 4.58. The van der Waals surface area contributed by atoms with Gasteiger partial charge in [-0.1, -0.05) is 66.7 Å². The van der Waals surface area contributed by atoms with Crippen molar-refractivity contribution in [3.8, 4) is 0 Å². The van der Waals surface area contributed by atoms with Crippen LogP contribution in [0.15, 0.2) is 85.1 Å². The number of rotatable bonds is 4. The number of aromatic nitrogens is 2. The molecule has 1 fully saturated rings. The van der Waals surface area contributed by atoms with Crippen LogP contribution in [0.4, 0.5) is 0 Å². The van der Waals surface area contributed by atoms with Crippen molar-refractivity contribution in [2.24, 2.45) is 0 Å². The third-order valence-corrected chi connectivity index (χ3v) is 7.78. The first kappa shape index (κ1) is 21.0. The van der Waals surface area contributed by atoms with Crippen molar-refractivity contribution in [1.29, 1.82) is 0 Å². The van der Waals surface area contributed by atoms with Gasteiger partial charge in [0.15, 0.2) is 0 Å². The lowest BCUT2D eigenvalue weighted by Gasteiger charge is -2.47.